The number of furan rings is 1. The number of hydrogen-bond acceptors (Lipinski definition) is 5. The molecule has 1 aromatic rings. The van der Waals surface area contributed by atoms with Gasteiger partial charge in [-0.05, 0) is 50.5 Å². The monoisotopic (exact) mass is 377 g/mol. The van der Waals surface area contributed by atoms with Crippen molar-refractivity contribution in [3.63, 3.8) is 0 Å². The van der Waals surface area contributed by atoms with Crippen LogP contribution in [0.4, 0.5) is 0 Å². The van der Waals surface area contributed by atoms with Crippen LogP contribution in [-0.2, 0) is 20.7 Å². The maximum atomic E-state index is 13.2. The van der Waals surface area contributed by atoms with E-state index in [0.717, 1.165) is 42.9 Å². The van der Waals surface area contributed by atoms with Crippen LogP contribution < -0.4 is 0 Å². The van der Waals surface area contributed by atoms with E-state index >= 15 is 0 Å². The third kappa shape index (κ3) is 3.31. The minimum Gasteiger partial charge on any atom is -0.469 e. The summed E-state index contributed by atoms with van der Waals surface area (Å²) < 4.78 is 10.8. The van der Waals surface area contributed by atoms with Gasteiger partial charge in [-0.25, -0.2) is 0 Å². The van der Waals surface area contributed by atoms with Crippen LogP contribution in [0.15, 0.2) is 34.6 Å². The number of nitrogens with zero attached hydrogens (tertiary/aromatic N) is 1. The summed E-state index contributed by atoms with van der Waals surface area (Å²) in [6.45, 7) is 4.79. The molecule has 1 amide bonds. The smallest absolute Gasteiger partial charge is 0.319 e. The number of allylic oxidation sites excluding steroid dienone is 1. The number of carbonyl (C=O) groups excluding carboxylic acids is 2. The van der Waals surface area contributed by atoms with Crippen molar-refractivity contribution in [1.29, 1.82) is 0 Å². The van der Waals surface area contributed by atoms with Crippen LogP contribution in [0.3, 0.4) is 0 Å². The molecule has 0 N–H and O–H groups in total. The van der Waals surface area contributed by atoms with Gasteiger partial charge in [-0.15, -0.1) is 11.8 Å². The molecule has 6 heteroatoms. The lowest BCUT2D eigenvalue weighted by Crippen LogP contribution is -2.42. The second-order valence-electron chi connectivity index (χ2n) is 6.68. The molecule has 1 fully saturated rings. The van der Waals surface area contributed by atoms with Gasteiger partial charge in [0.2, 0.25) is 5.91 Å². The lowest BCUT2D eigenvalue weighted by Gasteiger charge is -2.35. The van der Waals surface area contributed by atoms with Gasteiger partial charge in [0.1, 0.15) is 16.4 Å². The van der Waals surface area contributed by atoms with E-state index in [0.29, 0.717) is 19.6 Å². The van der Waals surface area contributed by atoms with Gasteiger partial charge in [0.05, 0.1) is 12.9 Å². The Bertz CT molecular complexity index is 669. The Morgan fingerprint density at radius 2 is 2.31 bits per heavy atom. The normalized spacial score (nSPS) is 25.2. The summed E-state index contributed by atoms with van der Waals surface area (Å²) in [5.74, 6) is 1.53. The number of thioether (sulfide) groups is 1. The van der Waals surface area contributed by atoms with E-state index in [1.54, 1.807) is 18.0 Å². The number of rotatable bonds is 8. The highest BCUT2D eigenvalue weighted by atomic mass is 32.2. The summed E-state index contributed by atoms with van der Waals surface area (Å²) in [6, 6.07) is 3.82. The zero-order valence-electron chi connectivity index (χ0n) is 15.5. The van der Waals surface area contributed by atoms with Gasteiger partial charge in [0, 0.05) is 18.7 Å². The Morgan fingerprint density at radius 3 is 3.00 bits per heavy atom. The third-order valence-corrected chi connectivity index (χ3v) is 6.43. The zero-order chi connectivity index (χ0) is 18.6. The fourth-order valence-corrected chi connectivity index (χ4v) is 5.29. The molecule has 1 aliphatic heterocycles. The maximum absolute atomic E-state index is 13.2. The number of amides is 1. The molecule has 0 aromatic carbocycles. The van der Waals surface area contributed by atoms with Crippen LogP contribution >= 0.6 is 11.8 Å². The van der Waals surface area contributed by atoms with Crippen LogP contribution in [-0.4, -0.2) is 40.9 Å². The second-order valence-corrected chi connectivity index (χ2v) is 8.06. The molecule has 2 atom stereocenters. The topological polar surface area (TPSA) is 59.8 Å². The van der Waals surface area contributed by atoms with Crippen LogP contribution in [0, 0.1) is 5.41 Å². The molecule has 1 aromatic heterocycles. The number of fused-ring (bicyclic) bond motifs is 1. The molecule has 0 radical (unpaired) electrons. The van der Waals surface area contributed by atoms with Gasteiger partial charge < -0.3 is 14.1 Å². The zero-order valence-corrected chi connectivity index (χ0v) is 16.3. The van der Waals surface area contributed by atoms with Crippen molar-refractivity contribution in [2.24, 2.45) is 5.41 Å². The number of carbonyl (C=O) groups is 2. The molecule has 26 heavy (non-hydrogen) atoms. The van der Waals surface area contributed by atoms with Crippen molar-refractivity contribution >= 4 is 23.6 Å². The SMILES string of the molecule is CCOC(=O)[C@@]12CCCC=C1N(CCCc1ccco1)C(=O)[C@H]2SCC. The van der Waals surface area contributed by atoms with E-state index in [9.17, 15) is 9.59 Å². The quantitative estimate of drug-likeness (QED) is 0.645. The molecule has 5 nitrogen and oxygen atoms in total. The molecule has 0 unspecified atom stereocenters. The van der Waals surface area contributed by atoms with Crippen molar-refractivity contribution in [3.05, 3.63) is 35.9 Å². The van der Waals surface area contributed by atoms with E-state index in [-0.39, 0.29) is 17.1 Å². The van der Waals surface area contributed by atoms with Crippen LogP contribution in [0.5, 0.6) is 0 Å². The van der Waals surface area contributed by atoms with Crippen LogP contribution in [0.1, 0.15) is 45.3 Å². The Morgan fingerprint density at radius 1 is 1.46 bits per heavy atom. The molecule has 0 saturated carbocycles. The Balaban J connectivity index is 1.84. The lowest BCUT2D eigenvalue weighted by molar-refractivity contribution is -0.153. The maximum Gasteiger partial charge on any atom is 0.319 e. The van der Waals surface area contributed by atoms with Gasteiger partial charge in [-0.2, -0.15) is 0 Å². The molecule has 0 spiro atoms. The highest BCUT2D eigenvalue weighted by Gasteiger charge is 2.61. The molecule has 142 valence electrons. The van der Waals surface area contributed by atoms with E-state index in [1.165, 1.54) is 0 Å². The van der Waals surface area contributed by atoms with Crippen LogP contribution in [0.2, 0.25) is 0 Å². The van der Waals surface area contributed by atoms with Crippen molar-refractivity contribution in [1.82, 2.24) is 4.90 Å². The Labute approximate surface area is 159 Å². The minimum absolute atomic E-state index is 0.0532. The Kier molecular flexibility index (Phi) is 6.12. The molecular formula is C20H27NO4S. The molecule has 2 aliphatic rings. The third-order valence-electron chi connectivity index (χ3n) is 5.16. The minimum atomic E-state index is -0.809. The average Bonchev–Trinajstić information content (AvgIpc) is 3.23. The molecule has 0 bridgehead atoms. The standard InChI is InChI=1S/C20H27NO4S/c1-3-24-19(23)20-12-6-5-11-16(20)21(18(22)17(20)26-4-2)13-7-9-15-10-8-14-25-15/h8,10-11,14,17H,3-7,9,12-13H2,1-2H3/t17-,20+/m1/s1. The molecule has 1 saturated heterocycles. The fourth-order valence-electron chi connectivity index (χ4n) is 4.07. The predicted molar refractivity (Wildman–Crippen MR) is 102 cm³/mol. The van der Waals surface area contributed by atoms with Gasteiger partial charge >= 0.3 is 5.97 Å². The molecule has 3 rings (SSSR count). The van der Waals surface area contributed by atoms with E-state index in [1.807, 2.05) is 30.9 Å². The number of likely N-dealkylation sites (tertiary alicyclic amines) is 1. The second kappa shape index (κ2) is 8.33. The first-order chi connectivity index (χ1) is 12.6. The Hall–Kier alpha value is -1.69. The number of esters is 1. The van der Waals surface area contributed by atoms with Crippen LogP contribution in [0.25, 0.3) is 0 Å². The predicted octanol–water partition coefficient (Wildman–Crippen LogP) is 3.79. The molecular weight excluding hydrogens is 350 g/mol. The first-order valence-electron chi connectivity index (χ1n) is 9.48. The summed E-state index contributed by atoms with van der Waals surface area (Å²) in [5.41, 5.74) is 0.0639. The lowest BCUT2D eigenvalue weighted by atomic mass is 9.75. The number of ether oxygens (including phenoxy) is 1. The first kappa shape index (κ1) is 19.1. The number of hydrogen-bond donors (Lipinski definition) is 0. The van der Waals surface area contributed by atoms with E-state index < -0.39 is 5.41 Å². The van der Waals surface area contributed by atoms with Gasteiger partial charge in [-0.3, -0.25) is 9.59 Å². The summed E-state index contributed by atoms with van der Waals surface area (Å²) >= 11 is 1.57. The van der Waals surface area contributed by atoms with Crippen molar-refractivity contribution in [2.45, 2.75) is 51.2 Å². The number of aryl methyl sites for hydroxylation is 1. The largest absolute Gasteiger partial charge is 0.469 e. The average molecular weight is 378 g/mol. The summed E-state index contributed by atoms with van der Waals surface area (Å²) in [7, 11) is 0. The summed E-state index contributed by atoms with van der Waals surface area (Å²) in [5, 5.41) is -0.373. The summed E-state index contributed by atoms with van der Waals surface area (Å²) in [6.07, 6.45) is 7.84. The van der Waals surface area contributed by atoms with E-state index in [4.69, 9.17) is 9.15 Å². The highest BCUT2D eigenvalue weighted by molar-refractivity contribution is 8.00. The van der Waals surface area contributed by atoms with Gasteiger partial charge in [0.15, 0.2) is 0 Å². The van der Waals surface area contributed by atoms with Crippen molar-refractivity contribution in [2.75, 3.05) is 18.9 Å². The van der Waals surface area contributed by atoms with Crippen molar-refractivity contribution in [3.8, 4) is 0 Å². The van der Waals surface area contributed by atoms with Gasteiger partial charge in [0.25, 0.3) is 0 Å². The van der Waals surface area contributed by atoms with E-state index in [2.05, 4.69) is 6.08 Å². The molecule has 2 heterocycles. The molecule has 1 aliphatic carbocycles. The van der Waals surface area contributed by atoms with Gasteiger partial charge in [-0.1, -0.05) is 13.0 Å². The first-order valence-corrected chi connectivity index (χ1v) is 10.5. The summed E-state index contributed by atoms with van der Waals surface area (Å²) in [4.78, 5) is 28.0. The fraction of sp³-hybridized carbons (Fsp3) is 0.600. The van der Waals surface area contributed by atoms with Crippen molar-refractivity contribution < 1.29 is 18.7 Å². The highest BCUT2D eigenvalue weighted by Crippen LogP contribution is 2.53.